The Morgan fingerprint density at radius 3 is 2.81 bits per heavy atom. The number of sulfonamides is 1. The van der Waals surface area contributed by atoms with Crippen molar-refractivity contribution in [2.45, 2.75) is 30.8 Å². The van der Waals surface area contributed by atoms with Gasteiger partial charge in [0.25, 0.3) is 0 Å². The Hall–Kier alpha value is -3.23. The first-order valence-electron chi connectivity index (χ1n) is 9.85. The van der Waals surface area contributed by atoms with E-state index in [1.54, 1.807) is 17.1 Å². The fourth-order valence-corrected chi connectivity index (χ4v) is 4.92. The number of hydrogen-bond acceptors (Lipinski definition) is 7. The Bertz CT molecular complexity index is 1310. The zero-order chi connectivity index (χ0) is 21.8. The number of anilines is 1. The average molecular weight is 440 g/mol. The van der Waals surface area contributed by atoms with Crippen LogP contribution < -0.4 is 4.90 Å². The molecule has 1 aliphatic heterocycles. The maximum Gasteiger partial charge on any atom is 0.305 e. The molecule has 2 aliphatic rings. The number of benzene rings is 1. The SMILES string of the molecule is CS(=O)(=O)N1CC(CC#N)(n2cc(-c3cccc4nc(N(C=O)C5CC5)oc34)cn2)C1. The van der Waals surface area contributed by atoms with Crippen LogP contribution in [0.2, 0.25) is 0 Å². The Kier molecular flexibility index (Phi) is 4.39. The van der Waals surface area contributed by atoms with E-state index in [1.807, 2.05) is 18.2 Å². The number of amides is 1. The van der Waals surface area contributed by atoms with Gasteiger partial charge in [-0.15, -0.1) is 0 Å². The third-order valence-electron chi connectivity index (χ3n) is 5.88. The predicted octanol–water partition coefficient (Wildman–Crippen LogP) is 1.70. The lowest BCUT2D eigenvalue weighted by Crippen LogP contribution is -2.63. The topological polar surface area (TPSA) is 125 Å². The minimum atomic E-state index is -3.32. The largest absolute Gasteiger partial charge is 0.422 e. The quantitative estimate of drug-likeness (QED) is 0.512. The first-order chi connectivity index (χ1) is 14.8. The van der Waals surface area contributed by atoms with Crippen LogP contribution in [0.5, 0.6) is 0 Å². The zero-order valence-corrected chi connectivity index (χ0v) is 17.6. The van der Waals surface area contributed by atoms with Crippen molar-refractivity contribution in [2.75, 3.05) is 24.2 Å². The van der Waals surface area contributed by atoms with Crippen LogP contribution >= 0.6 is 0 Å². The molecule has 2 fully saturated rings. The van der Waals surface area contributed by atoms with Crippen molar-refractivity contribution in [3.8, 4) is 17.2 Å². The molecule has 10 nitrogen and oxygen atoms in total. The molecule has 1 saturated carbocycles. The molecule has 2 aromatic heterocycles. The smallest absolute Gasteiger partial charge is 0.305 e. The molecule has 0 N–H and O–H groups in total. The molecule has 1 aliphatic carbocycles. The van der Waals surface area contributed by atoms with Gasteiger partial charge >= 0.3 is 6.01 Å². The summed E-state index contributed by atoms with van der Waals surface area (Å²) in [4.78, 5) is 17.5. The third kappa shape index (κ3) is 3.28. The van der Waals surface area contributed by atoms with Crippen molar-refractivity contribution in [3.63, 3.8) is 0 Å². The van der Waals surface area contributed by atoms with Crippen LogP contribution in [0.25, 0.3) is 22.2 Å². The second-order valence-electron chi connectivity index (χ2n) is 8.16. The lowest BCUT2D eigenvalue weighted by atomic mass is 9.89. The molecule has 1 aromatic carbocycles. The van der Waals surface area contributed by atoms with Crippen molar-refractivity contribution in [2.24, 2.45) is 0 Å². The predicted molar refractivity (Wildman–Crippen MR) is 111 cm³/mol. The minimum absolute atomic E-state index is 0.138. The van der Waals surface area contributed by atoms with Gasteiger partial charge in [0.2, 0.25) is 16.4 Å². The molecular weight excluding hydrogens is 420 g/mol. The third-order valence-corrected chi connectivity index (χ3v) is 7.07. The number of hydrogen-bond donors (Lipinski definition) is 0. The number of rotatable bonds is 7. The summed E-state index contributed by atoms with van der Waals surface area (Å²) in [5.74, 6) is 0. The van der Waals surface area contributed by atoms with Crippen LogP contribution in [0.4, 0.5) is 6.01 Å². The van der Waals surface area contributed by atoms with Gasteiger partial charge < -0.3 is 4.42 Å². The zero-order valence-electron chi connectivity index (χ0n) is 16.8. The number of carbonyl (C=O) groups is 1. The second kappa shape index (κ2) is 6.90. The van der Waals surface area contributed by atoms with Gasteiger partial charge in [0.05, 0.1) is 24.9 Å². The lowest BCUT2D eigenvalue weighted by molar-refractivity contribution is -0.107. The summed E-state index contributed by atoms with van der Waals surface area (Å²) in [5.41, 5.74) is 2.00. The summed E-state index contributed by atoms with van der Waals surface area (Å²) in [6, 6.07) is 8.11. The van der Waals surface area contributed by atoms with Gasteiger partial charge in [0, 0.05) is 36.5 Å². The van der Waals surface area contributed by atoms with E-state index < -0.39 is 15.6 Å². The van der Waals surface area contributed by atoms with E-state index in [9.17, 15) is 18.5 Å². The molecule has 1 amide bonds. The molecular formula is C20H20N6O4S. The number of para-hydroxylation sites is 1. The highest BCUT2D eigenvalue weighted by atomic mass is 32.2. The van der Waals surface area contributed by atoms with E-state index in [0.29, 0.717) is 11.1 Å². The summed E-state index contributed by atoms with van der Waals surface area (Å²) in [6.07, 6.45) is 7.38. The van der Waals surface area contributed by atoms with Gasteiger partial charge in [-0.2, -0.15) is 19.6 Å². The summed E-state index contributed by atoms with van der Waals surface area (Å²) in [7, 11) is -3.32. The van der Waals surface area contributed by atoms with E-state index in [4.69, 9.17) is 4.42 Å². The highest BCUT2D eigenvalue weighted by Crippen LogP contribution is 2.38. The number of nitrogens with zero attached hydrogens (tertiary/aromatic N) is 6. The molecule has 11 heteroatoms. The number of aromatic nitrogens is 3. The molecule has 1 saturated heterocycles. The van der Waals surface area contributed by atoms with Gasteiger partial charge in [0.15, 0.2) is 5.58 Å². The standard InChI is InChI=1S/C20H20N6O4S/c1-31(28,29)24-11-20(12-24,7-8-21)26-10-14(9-22-26)16-3-2-4-17-18(16)30-19(23-17)25(13-27)15-5-6-15/h2-4,9-10,13,15H,5-7,11-12H2,1H3. The van der Waals surface area contributed by atoms with Crippen LogP contribution in [0.3, 0.4) is 0 Å². The highest BCUT2D eigenvalue weighted by molar-refractivity contribution is 7.88. The van der Waals surface area contributed by atoms with E-state index in [-0.39, 0.29) is 31.6 Å². The maximum absolute atomic E-state index is 11.8. The van der Waals surface area contributed by atoms with Crippen LogP contribution in [0, 0.1) is 11.3 Å². The van der Waals surface area contributed by atoms with Gasteiger partial charge in [-0.05, 0) is 18.9 Å². The molecule has 0 atom stereocenters. The number of carbonyl (C=O) groups excluding carboxylic acids is 1. The van der Waals surface area contributed by atoms with Crippen molar-refractivity contribution in [1.29, 1.82) is 5.26 Å². The van der Waals surface area contributed by atoms with E-state index >= 15 is 0 Å². The van der Waals surface area contributed by atoms with Gasteiger partial charge in [-0.1, -0.05) is 12.1 Å². The van der Waals surface area contributed by atoms with E-state index in [2.05, 4.69) is 16.2 Å². The van der Waals surface area contributed by atoms with Gasteiger partial charge in [0.1, 0.15) is 11.1 Å². The average Bonchev–Trinajstić information content (AvgIpc) is 3.24. The summed E-state index contributed by atoms with van der Waals surface area (Å²) >= 11 is 0. The van der Waals surface area contributed by atoms with Crippen molar-refractivity contribution >= 4 is 33.5 Å². The highest BCUT2D eigenvalue weighted by Gasteiger charge is 2.49. The summed E-state index contributed by atoms with van der Waals surface area (Å²) < 4.78 is 32.6. The van der Waals surface area contributed by atoms with Crippen LogP contribution in [0.15, 0.2) is 35.0 Å². The molecule has 5 rings (SSSR count). The van der Waals surface area contributed by atoms with Crippen LogP contribution in [-0.4, -0.2) is 59.3 Å². The van der Waals surface area contributed by atoms with Crippen LogP contribution in [0.1, 0.15) is 19.3 Å². The second-order valence-corrected chi connectivity index (χ2v) is 10.1. The fourth-order valence-electron chi connectivity index (χ4n) is 3.97. The number of nitriles is 1. The monoisotopic (exact) mass is 440 g/mol. The first kappa shape index (κ1) is 19.7. The first-order valence-corrected chi connectivity index (χ1v) is 11.7. The molecule has 160 valence electrons. The Labute approximate surface area is 178 Å². The van der Waals surface area contributed by atoms with E-state index in [1.165, 1.54) is 9.21 Å². The maximum atomic E-state index is 11.8. The fraction of sp³-hybridized carbons (Fsp3) is 0.400. The molecule has 31 heavy (non-hydrogen) atoms. The minimum Gasteiger partial charge on any atom is -0.422 e. The Morgan fingerprint density at radius 1 is 1.39 bits per heavy atom. The normalized spacial score (nSPS) is 18.5. The van der Waals surface area contributed by atoms with Crippen LogP contribution in [-0.2, 0) is 20.4 Å². The van der Waals surface area contributed by atoms with Gasteiger partial charge in [-0.3, -0.25) is 14.4 Å². The molecule has 0 bridgehead atoms. The molecule has 0 unspecified atom stereocenters. The molecule has 3 heterocycles. The van der Waals surface area contributed by atoms with Gasteiger partial charge in [-0.25, -0.2) is 8.42 Å². The van der Waals surface area contributed by atoms with Crippen molar-refractivity contribution in [1.82, 2.24) is 19.1 Å². The molecule has 0 spiro atoms. The Morgan fingerprint density at radius 2 is 2.16 bits per heavy atom. The summed E-state index contributed by atoms with van der Waals surface area (Å²) in [5, 5.41) is 13.7. The van der Waals surface area contributed by atoms with E-state index in [0.717, 1.165) is 36.6 Å². The van der Waals surface area contributed by atoms with Crippen molar-refractivity contribution in [3.05, 3.63) is 30.6 Å². The lowest BCUT2D eigenvalue weighted by Gasteiger charge is -2.47. The molecule has 0 radical (unpaired) electrons. The number of oxazole rings is 1. The Balaban J connectivity index is 1.50. The molecule has 3 aromatic rings. The number of fused-ring (bicyclic) bond motifs is 1. The summed E-state index contributed by atoms with van der Waals surface area (Å²) in [6.45, 7) is 0.402. The van der Waals surface area contributed by atoms with Crippen molar-refractivity contribution < 1.29 is 17.6 Å².